The number of carbonyl (C=O) groups excluding carboxylic acids is 1. The summed E-state index contributed by atoms with van der Waals surface area (Å²) in [5, 5.41) is 0. The Balaban J connectivity index is 1.75. The predicted molar refractivity (Wildman–Crippen MR) is 114 cm³/mol. The summed E-state index contributed by atoms with van der Waals surface area (Å²) in [5.74, 6) is 1.23. The van der Waals surface area contributed by atoms with Crippen LogP contribution in [-0.4, -0.2) is 60.9 Å². The molecular formula is C23H24F3N3O3. The Morgan fingerprint density at radius 3 is 2.62 bits per heavy atom. The van der Waals surface area contributed by atoms with Crippen LogP contribution in [0.5, 0.6) is 11.5 Å². The Hall–Kier alpha value is -3.07. The summed E-state index contributed by atoms with van der Waals surface area (Å²) in [4.78, 5) is 20.7. The lowest BCUT2D eigenvalue weighted by Crippen LogP contribution is -2.56. The van der Waals surface area contributed by atoms with E-state index in [4.69, 9.17) is 9.47 Å². The van der Waals surface area contributed by atoms with Crippen molar-refractivity contribution in [2.75, 3.05) is 33.4 Å². The van der Waals surface area contributed by atoms with Crippen molar-refractivity contribution in [2.24, 2.45) is 4.99 Å². The Kier molecular flexibility index (Phi) is 5.85. The van der Waals surface area contributed by atoms with Crippen LogP contribution in [0.2, 0.25) is 0 Å². The molecular weight excluding hydrogens is 423 g/mol. The lowest BCUT2D eigenvalue weighted by molar-refractivity contribution is -0.139. The van der Waals surface area contributed by atoms with E-state index in [1.807, 2.05) is 30.9 Å². The fourth-order valence-corrected chi connectivity index (χ4v) is 4.04. The molecule has 0 bridgehead atoms. The zero-order valence-electron chi connectivity index (χ0n) is 18.1. The van der Waals surface area contributed by atoms with Crippen LogP contribution < -0.4 is 4.74 Å². The highest BCUT2D eigenvalue weighted by Crippen LogP contribution is 2.42. The molecule has 2 aromatic rings. The van der Waals surface area contributed by atoms with Gasteiger partial charge in [-0.05, 0) is 44.2 Å². The van der Waals surface area contributed by atoms with E-state index in [-0.39, 0.29) is 30.0 Å². The Morgan fingerprint density at radius 1 is 1.19 bits per heavy atom. The molecule has 0 radical (unpaired) electrons. The summed E-state index contributed by atoms with van der Waals surface area (Å²) < 4.78 is 50.9. The molecule has 2 aliphatic rings. The monoisotopic (exact) mass is 447 g/mol. The smallest absolute Gasteiger partial charge is 0.416 e. The van der Waals surface area contributed by atoms with E-state index in [1.165, 1.54) is 13.2 Å². The summed E-state index contributed by atoms with van der Waals surface area (Å²) in [6.07, 6.45) is -4.48. The molecule has 0 saturated carbocycles. The number of hydrogen-bond donors (Lipinski definition) is 0. The number of amidine groups is 1. The van der Waals surface area contributed by atoms with Crippen molar-refractivity contribution in [1.29, 1.82) is 0 Å². The number of halogens is 3. The quantitative estimate of drug-likeness (QED) is 0.686. The van der Waals surface area contributed by atoms with Crippen LogP contribution in [0.15, 0.2) is 41.4 Å². The van der Waals surface area contributed by atoms with Gasteiger partial charge in [0.05, 0.1) is 11.1 Å². The van der Waals surface area contributed by atoms with Gasteiger partial charge in [-0.2, -0.15) is 13.2 Å². The molecule has 1 saturated heterocycles. The van der Waals surface area contributed by atoms with E-state index in [0.717, 1.165) is 17.7 Å². The fourth-order valence-electron chi connectivity index (χ4n) is 4.04. The summed E-state index contributed by atoms with van der Waals surface area (Å²) in [6, 6.07) is 8.79. The number of aliphatic imine (C=N–C) groups is 1. The molecule has 1 amide bonds. The van der Waals surface area contributed by atoms with E-state index >= 15 is 0 Å². The van der Waals surface area contributed by atoms with E-state index in [1.54, 1.807) is 11.0 Å². The first-order chi connectivity index (χ1) is 15.2. The molecule has 9 heteroatoms. The minimum Gasteiger partial charge on any atom is -0.454 e. The Labute approximate surface area is 184 Å². The van der Waals surface area contributed by atoms with Gasteiger partial charge in [0.15, 0.2) is 5.75 Å². The third kappa shape index (κ3) is 4.29. The second-order valence-corrected chi connectivity index (χ2v) is 8.03. The van der Waals surface area contributed by atoms with Gasteiger partial charge in [0, 0.05) is 32.8 Å². The molecule has 170 valence electrons. The number of ether oxygens (including phenoxy) is 2. The van der Waals surface area contributed by atoms with Gasteiger partial charge in [0.2, 0.25) is 5.91 Å². The van der Waals surface area contributed by atoms with Crippen molar-refractivity contribution in [3.63, 3.8) is 0 Å². The summed E-state index contributed by atoms with van der Waals surface area (Å²) >= 11 is 0. The minimum atomic E-state index is -4.48. The number of amides is 1. The highest BCUT2D eigenvalue weighted by Gasteiger charge is 2.34. The average molecular weight is 447 g/mol. The second-order valence-electron chi connectivity index (χ2n) is 8.03. The average Bonchev–Trinajstić information content (AvgIpc) is 2.89. The number of alkyl halides is 3. The number of hydrogen-bond acceptors (Lipinski definition) is 5. The first-order valence-corrected chi connectivity index (χ1v) is 10.3. The van der Waals surface area contributed by atoms with Gasteiger partial charge in [-0.25, -0.2) is 4.99 Å². The normalized spacial score (nSPS) is 18.3. The molecule has 0 N–H and O–H groups in total. The topological polar surface area (TPSA) is 54.4 Å². The van der Waals surface area contributed by atoms with Crippen LogP contribution in [0.25, 0.3) is 0 Å². The van der Waals surface area contributed by atoms with Gasteiger partial charge in [0.1, 0.15) is 23.9 Å². The first-order valence-electron chi connectivity index (χ1n) is 10.3. The maximum Gasteiger partial charge on any atom is 0.416 e. The van der Waals surface area contributed by atoms with Crippen molar-refractivity contribution in [3.05, 3.63) is 53.1 Å². The molecule has 32 heavy (non-hydrogen) atoms. The largest absolute Gasteiger partial charge is 0.454 e. The lowest BCUT2D eigenvalue weighted by atomic mass is 10.1. The molecule has 1 fully saturated rings. The minimum absolute atomic E-state index is 0.00868. The van der Waals surface area contributed by atoms with Crippen LogP contribution in [-0.2, 0) is 15.7 Å². The molecule has 1 unspecified atom stereocenters. The maximum atomic E-state index is 13.3. The molecule has 4 rings (SSSR count). The Morgan fingerprint density at radius 2 is 1.94 bits per heavy atom. The van der Waals surface area contributed by atoms with Crippen molar-refractivity contribution in [1.82, 2.24) is 9.80 Å². The molecule has 2 heterocycles. The Bertz CT molecular complexity index is 1070. The van der Waals surface area contributed by atoms with E-state index < -0.39 is 11.7 Å². The second kappa shape index (κ2) is 8.46. The summed E-state index contributed by atoms with van der Waals surface area (Å²) in [7, 11) is 1.48. The number of benzene rings is 2. The standard InChI is InChI=1S/C23H24F3N3O3/c1-14-4-6-19-17(10-14)22(28-8-9-29(15(2)12-28)21(30)13-31-3)27-18-11-16(23(24,25)26)5-7-20(18)32-19/h4-7,10-11,15H,8-9,12-13H2,1-3H3. The predicted octanol–water partition coefficient (Wildman–Crippen LogP) is 4.38. The molecule has 6 nitrogen and oxygen atoms in total. The van der Waals surface area contributed by atoms with Gasteiger partial charge < -0.3 is 19.3 Å². The highest BCUT2D eigenvalue weighted by molar-refractivity contribution is 6.04. The maximum absolute atomic E-state index is 13.3. The third-order valence-corrected chi connectivity index (χ3v) is 5.62. The van der Waals surface area contributed by atoms with E-state index in [0.29, 0.717) is 36.8 Å². The first kappa shape index (κ1) is 22.1. The van der Waals surface area contributed by atoms with Crippen LogP contribution in [0, 0.1) is 6.92 Å². The van der Waals surface area contributed by atoms with Crippen molar-refractivity contribution >= 4 is 17.4 Å². The number of nitrogens with zero attached hydrogens (tertiary/aromatic N) is 3. The SMILES string of the molecule is COCC(=O)N1CCN(C2=Nc3cc(C(F)(F)F)ccc3Oc3ccc(C)cc32)CC1C. The third-order valence-electron chi connectivity index (χ3n) is 5.62. The lowest BCUT2D eigenvalue weighted by Gasteiger charge is -2.41. The van der Waals surface area contributed by atoms with Gasteiger partial charge in [-0.3, -0.25) is 4.79 Å². The molecule has 2 aromatic carbocycles. The zero-order valence-corrected chi connectivity index (χ0v) is 18.1. The fraction of sp³-hybridized carbons (Fsp3) is 0.391. The van der Waals surface area contributed by atoms with Crippen molar-refractivity contribution < 1.29 is 27.4 Å². The van der Waals surface area contributed by atoms with Crippen molar-refractivity contribution in [2.45, 2.75) is 26.1 Å². The molecule has 2 aliphatic heterocycles. The van der Waals surface area contributed by atoms with Crippen molar-refractivity contribution in [3.8, 4) is 11.5 Å². The van der Waals surface area contributed by atoms with Gasteiger partial charge >= 0.3 is 6.18 Å². The number of piperazine rings is 1. The van der Waals surface area contributed by atoms with Crippen LogP contribution in [0.1, 0.15) is 23.6 Å². The van der Waals surface area contributed by atoms with E-state index in [2.05, 4.69) is 4.99 Å². The van der Waals surface area contributed by atoms with Gasteiger partial charge in [-0.1, -0.05) is 11.6 Å². The van der Waals surface area contributed by atoms with E-state index in [9.17, 15) is 18.0 Å². The number of carbonyl (C=O) groups is 1. The zero-order chi connectivity index (χ0) is 23.0. The number of rotatable bonds is 2. The van der Waals surface area contributed by atoms with Crippen LogP contribution >= 0.6 is 0 Å². The molecule has 1 atom stereocenters. The van der Waals surface area contributed by atoms with Gasteiger partial charge in [-0.15, -0.1) is 0 Å². The van der Waals surface area contributed by atoms with Gasteiger partial charge in [0.25, 0.3) is 0 Å². The summed E-state index contributed by atoms with van der Waals surface area (Å²) in [5.41, 5.74) is 1.02. The molecule has 0 spiro atoms. The number of aryl methyl sites for hydroxylation is 1. The summed E-state index contributed by atoms with van der Waals surface area (Å²) in [6.45, 7) is 5.30. The molecule has 0 aliphatic carbocycles. The van der Waals surface area contributed by atoms with Crippen LogP contribution in [0.4, 0.5) is 18.9 Å². The number of methoxy groups -OCH3 is 1. The highest BCUT2D eigenvalue weighted by atomic mass is 19.4. The molecule has 0 aromatic heterocycles. The number of fused-ring (bicyclic) bond motifs is 2. The van der Waals surface area contributed by atoms with Crippen LogP contribution in [0.3, 0.4) is 0 Å².